The van der Waals surface area contributed by atoms with Crippen molar-refractivity contribution in [3.8, 4) is 0 Å². The topological polar surface area (TPSA) is 40.5 Å². The third-order valence-electron chi connectivity index (χ3n) is 4.09. The van der Waals surface area contributed by atoms with Crippen LogP contribution in [0.5, 0.6) is 0 Å². The maximum atomic E-state index is 9.44. The van der Waals surface area contributed by atoms with Crippen molar-refractivity contribution < 1.29 is 10.0 Å². The molecule has 2 N–H and O–H groups in total. The van der Waals surface area contributed by atoms with Gasteiger partial charge in [-0.1, -0.05) is 60.2 Å². The van der Waals surface area contributed by atoms with Crippen LogP contribution in [0.3, 0.4) is 0 Å². The van der Waals surface area contributed by atoms with Gasteiger partial charge in [-0.25, -0.2) is 0 Å². The van der Waals surface area contributed by atoms with Gasteiger partial charge in [0.15, 0.2) is 0 Å². The molecule has 0 fully saturated rings. The minimum Gasteiger partial charge on any atom is -0.423 e. The Morgan fingerprint density at radius 2 is 1.76 bits per heavy atom. The second kappa shape index (κ2) is 6.29. The van der Waals surface area contributed by atoms with Crippen molar-refractivity contribution in [1.82, 2.24) is 0 Å². The van der Waals surface area contributed by atoms with Crippen LogP contribution in [0.15, 0.2) is 60.2 Å². The molecule has 0 heterocycles. The highest BCUT2D eigenvalue weighted by molar-refractivity contribution is 6.58. The Morgan fingerprint density at radius 3 is 2.57 bits per heavy atom. The SMILES string of the molecule is OB(O)c1ccc2c(c1)C1=C(C/C=C\C=C/C2)CCC=C1. The average molecular weight is 278 g/mol. The monoisotopic (exact) mass is 278 g/mol. The van der Waals surface area contributed by atoms with Crippen molar-refractivity contribution in [2.45, 2.75) is 25.7 Å². The van der Waals surface area contributed by atoms with E-state index in [9.17, 15) is 10.0 Å². The van der Waals surface area contributed by atoms with E-state index in [0.29, 0.717) is 5.46 Å². The van der Waals surface area contributed by atoms with Crippen molar-refractivity contribution in [3.05, 3.63) is 71.4 Å². The first-order chi connectivity index (χ1) is 10.3. The molecule has 21 heavy (non-hydrogen) atoms. The first-order valence-corrected chi connectivity index (χ1v) is 7.45. The Hall–Kier alpha value is -1.84. The van der Waals surface area contributed by atoms with Gasteiger partial charge in [-0.3, -0.25) is 0 Å². The van der Waals surface area contributed by atoms with Gasteiger partial charge in [0.2, 0.25) is 0 Å². The summed E-state index contributed by atoms with van der Waals surface area (Å²) in [4.78, 5) is 0. The van der Waals surface area contributed by atoms with Crippen LogP contribution in [0, 0.1) is 0 Å². The van der Waals surface area contributed by atoms with Gasteiger partial charge in [0, 0.05) is 0 Å². The zero-order chi connectivity index (χ0) is 14.7. The summed E-state index contributed by atoms with van der Waals surface area (Å²) in [5.74, 6) is 0. The molecule has 0 unspecified atom stereocenters. The molecular formula is C18H19BO2. The smallest absolute Gasteiger partial charge is 0.423 e. The molecule has 3 heteroatoms. The Labute approximate surface area is 126 Å². The standard InChI is InChI=1S/C18H19BO2/c20-19(21)16-12-11-15-8-4-2-1-3-7-14-9-5-6-10-17(14)18(15)13-16/h1-4,6,10-13,20-21H,5,7-9H2/b3-1-,4-2-. The van der Waals surface area contributed by atoms with Crippen LogP contribution in [0.1, 0.15) is 30.4 Å². The van der Waals surface area contributed by atoms with Crippen LogP contribution in [-0.2, 0) is 6.42 Å². The molecule has 0 amide bonds. The first kappa shape index (κ1) is 14.1. The fourth-order valence-corrected chi connectivity index (χ4v) is 2.95. The van der Waals surface area contributed by atoms with Gasteiger partial charge in [0.25, 0.3) is 0 Å². The molecular weight excluding hydrogens is 259 g/mol. The van der Waals surface area contributed by atoms with E-state index in [-0.39, 0.29) is 0 Å². The van der Waals surface area contributed by atoms with Crippen LogP contribution >= 0.6 is 0 Å². The highest BCUT2D eigenvalue weighted by Gasteiger charge is 2.17. The molecule has 2 nitrogen and oxygen atoms in total. The minimum atomic E-state index is -1.42. The molecule has 0 aromatic heterocycles. The van der Waals surface area contributed by atoms with E-state index < -0.39 is 7.12 Å². The maximum absolute atomic E-state index is 9.44. The zero-order valence-electron chi connectivity index (χ0n) is 12.0. The lowest BCUT2D eigenvalue weighted by Crippen LogP contribution is -2.30. The largest absolute Gasteiger partial charge is 0.488 e. The first-order valence-electron chi connectivity index (χ1n) is 7.45. The van der Waals surface area contributed by atoms with Gasteiger partial charge < -0.3 is 10.0 Å². The minimum absolute atomic E-state index is 0.552. The van der Waals surface area contributed by atoms with E-state index >= 15 is 0 Å². The second-order valence-corrected chi connectivity index (χ2v) is 5.51. The Kier molecular flexibility index (Phi) is 4.23. The number of allylic oxidation sites excluding steroid dienone is 8. The number of hydrogen-bond donors (Lipinski definition) is 2. The van der Waals surface area contributed by atoms with Crippen LogP contribution in [-0.4, -0.2) is 17.2 Å². The molecule has 0 spiro atoms. The lowest BCUT2D eigenvalue weighted by atomic mass is 9.76. The maximum Gasteiger partial charge on any atom is 0.488 e. The number of hydrogen-bond acceptors (Lipinski definition) is 2. The van der Waals surface area contributed by atoms with Crippen LogP contribution in [0.4, 0.5) is 0 Å². The molecule has 0 atom stereocenters. The molecule has 2 aliphatic rings. The molecule has 3 rings (SSSR count). The summed E-state index contributed by atoms with van der Waals surface area (Å²) in [5, 5.41) is 18.9. The van der Waals surface area contributed by atoms with Gasteiger partial charge in [-0.2, -0.15) is 0 Å². The van der Waals surface area contributed by atoms with Crippen LogP contribution in [0.25, 0.3) is 5.57 Å². The normalized spacial score (nSPS) is 20.5. The summed E-state index contributed by atoms with van der Waals surface area (Å²) in [6.45, 7) is 0. The number of benzene rings is 1. The summed E-state index contributed by atoms with van der Waals surface area (Å²) in [6.07, 6.45) is 16.9. The average Bonchev–Trinajstić information content (AvgIpc) is 2.51. The molecule has 0 saturated heterocycles. The van der Waals surface area contributed by atoms with E-state index in [4.69, 9.17) is 0 Å². The molecule has 0 aliphatic heterocycles. The highest BCUT2D eigenvalue weighted by Crippen LogP contribution is 2.32. The van der Waals surface area contributed by atoms with E-state index in [2.05, 4.69) is 36.5 Å². The van der Waals surface area contributed by atoms with Gasteiger partial charge >= 0.3 is 7.12 Å². The molecule has 1 aromatic rings. The van der Waals surface area contributed by atoms with E-state index in [1.807, 2.05) is 12.1 Å². The second-order valence-electron chi connectivity index (χ2n) is 5.51. The Morgan fingerprint density at radius 1 is 0.952 bits per heavy atom. The van der Waals surface area contributed by atoms with Gasteiger partial charge in [0.05, 0.1) is 0 Å². The number of rotatable bonds is 1. The number of fused-ring (bicyclic) bond motifs is 2. The van der Waals surface area contributed by atoms with Crippen molar-refractivity contribution in [1.29, 1.82) is 0 Å². The van der Waals surface area contributed by atoms with Crippen molar-refractivity contribution >= 4 is 18.2 Å². The molecule has 0 saturated carbocycles. The summed E-state index contributed by atoms with van der Waals surface area (Å²) in [7, 11) is -1.42. The summed E-state index contributed by atoms with van der Waals surface area (Å²) in [5.41, 5.74) is 5.58. The summed E-state index contributed by atoms with van der Waals surface area (Å²) in [6, 6.07) is 5.72. The van der Waals surface area contributed by atoms with Crippen LogP contribution < -0.4 is 5.46 Å². The van der Waals surface area contributed by atoms with Crippen molar-refractivity contribution in [2.75, 3.05) is 0 Å². The predicted molar refractivity (Wildman–Crippen MR) is 88.2 cm³/mol. The third kappa shape index (κ3) is 3.09. The Balaban J connectivity index is 2.16. The lowest BCUT2D eigenvalue weighted by molar-refractivity contribution is 0.426. The van der Waals surface area contributed by atoms with Crippen molar-refractivity contribution in [3.63, 3.8) is 0 Å². The fourth-order valence-electron chi connectivity index (χ4n) is 2.95. The molecule has 0 bridgehead atoms. The van der Waals surface area contributed by atoms with Crippen molar-refractivity contribution in [2.24, 2.45) is 0 Å². The van der Waals surface area contributed by atoms with Gasteiger partial charge in [0.1, 0.15) is 0 Å². The van der Waals surface area contributed by atoms with Gasteiger partial charge in [-0.05, 0) is 47.8 Å². The fraction of sp³-hybridized carbons (Fsp3) is 0.222. The van der Waals surface area contributed by atoms with E-state index in [1.54, 1.807) is 6.07 Å². The summed E-state index contributed by atoms with van der Waals surface area (Å²) >= 11 is 0. The van der Waals surface area contributed by atoms with E-state index in [1.165, 1.54) is 16.7 Å². The molecule has 1 aromatic carbocycles. The molecule has 0 radical (unpaired) electrons. The quantitative estimate of drug-likeness (QED) is 0.775. The highest BCUT2D eigenvalue weighted by atomic mass is 16.4. The van der Waals surface area contributed by atoms with Crippen LogP contribution in [0.2, 0.25) is 0 Å². The van der Waals surface area contributed by atoms with E-state index in [0.717, 1.165) is 31.2 Å². The molecule has 2 aliphatic carbocycles. The molecule has 106 valence electrons. The summed E-state index contributed by atoms with van der Waals surface area (Å²) < 4.78 is 0. The zero-order valence-corrected chi connectivity index (χ0v) is 12.0. The Bertz CT molecular complexity index is 651. The van der Waals surface area contributed by atoms with Gasteiger partial charge in [-0.15, -0.1) is 0 Å². The third-order valence-corrected chi connectivity index (χ3v) is 4.09. The predicted octanol–water partition coefficient (Wildman–Crippen LogP) is 2.53. The lowest BCUT2D eigenvalue weighted by Gasteiger charge is -2.19.